The molecule has 0 aromatic rings. The second-order valence-electron chi connectivity index (χ2n) is 4.38. The third-order valence-electron chi connectivity index (χ3n) is 2.68. The molecule has 0 rings (SSSR count). The maximum atomic E-state index is 10.6. The number of aliphatic hydroxyl groups excluding tert-OH is 3. The Morgan fingerprint density at radius 3 is 1.39 bits per heavy atom. The highest BCUT2D eigenvalue weighted by atomic mass is 17.1. The average Bonchev–Trinajstić information content (AvgIpc) is 2.49. The summed E-state index contributed by atoms with van der Waals surface area (Å²) < 4.78 is 0. The van der Waals surface area contributed by atoms with Gasteiger partial charge in [-0.1, -0.05) is 0 Å². The van der Waals surface area contributed by atoms with Crippen LogP contribution in [0, 0.1) is 40.5 Å². The second kappa shape index (κ2) is 8.50. The lowest BCUT2D eigenvalue weighted by Crippen LogP contribution is -2.78. The predicted molar refractivity (Wildman–Crippen MR) is 66.3 cm³/mol. The number of hydrogen-bond donors (Lipinski definition) is 6. The van der Waals surface area contributed by atoms with Crippen LogP contribution in [0.5, 0.6) is 0 Å². The lowest BCUT2D eigenvalue weighted by molar-refractivity contribution is -0.941. The van der Waals surface area contributed by atoms with Crippen molar-refractivity contribution in [3.63, 3.8) is 0 Å². The van der Waals surface area contributed by atoms with Crippen molar-refractivity contribution in [2.75, 3.05) is 6.61 Å². The molecule has 0 saturated carbocycles. The topological polar surface area (TPSA) is 331 Å². The highest BCUT2D eigenvalue weighted by molar-refractivity contribution is 4.98. The largest absolute Gasteiger partial charge is 0.423 e. The molecule has 0 aromatic carbocycles. The van der Waals surface area contributed by atoms with Crippen LogP contribution in [0.25, 0.3) is 0 Å². The first-order valence-electron chi connectivity index (χ1n) is 6.04. The molecule has 28 heavy (non-hydrogen) atoms. The molecule has 0 aliphatic heterocycles. The van der Waals surface area contributed by atoms with E-state index < -0.39 is 56.7 Å². The molecule has 6 N–H and O–H groups in total. The first kappa shape index (κ1) is 24.6. The highest BCUT2D eigenvalue weighted by Crippen LogP contribution is 2.40. The van der Waals surface area contributed by atoms with Crippen LogP contribution in [0.3, 0.4) is 0 Å². The molecule has 0 aliphatic carbocycles. The molecule has 0 aliphatic rings. The third-order valence-corrected chi connectivity index (χ3v) is 2.68. The van der Waals surface area contributed by atoms with Crippen LogP contribution < -0.4 is 0 Å². The first-order chi connectivity index (χ1) is 12.6. The van der Waals surface area contributed by atoms with E-state index in [0.29, 0.717) is 0 Å². The summed E-state index contributed by atoms with van der Waals surface area (Å²) in [7, 11) is 0. The summed E-state index contributed by atoms with van der Waals surface area (Å²) in [4.78, 5) is 54.7. The number of rotatable bonds is 13. The van der Waals surface area contributed by atoms with Gasteiger partial charge in [-0.25, -0.2) is 9.68 Å². The third kappa shape index (κ3) is 4.84. The Kier molecular flexibility index (Phi) is 7.46. The van der Waals surface area contributed by atoms with Crippen molar-refractivity contribution in [2.24, 2.45) is 0 Å². The van der Waals surface area contributed by atoms with Crippen LogP contribution >= 0.6 is 0 Å². The first-order valence-corrected chi connectivity index (χ1v) is 6.04. The van der Waals surface area contributed by atoms with Gasteiger partial charge in [-0.2, -0.15) is 0 Å². The van der Waals surface area contributed by atoms with Gasteiger partial charge in [-0.3, -0.25) is 9.68 Å². The fourth-order valence-electron chi connectivity index (χ4n) is 1.59. The fourth-order valence-corrected chi connectivity index (χ4v) is 1.59. The highest BCUT2D eigenvalue weighted by Gasteiger charge is 2.77. The molecular formula is C6H10N4O18. The Morgan fingerprint density at radius 2 is 1.11 bits per heavy atom. The van der Waals surface area contributed by atoms with E-state index in [-0.39, 0.29) is 0 Å². The minimum atomic E-state index is -5.27. The Labute approximate surface area is 148 Å². The van der Waals surface area contributed by atoms with Gasteiger partial charge in [0, 0.05) is 0 Å². The van der Waals surface area contributed by atoms with E-state index in [2.05, 4.69) is 19.4 Å². The van der Waals surface area contributed by atoms with Crippen molar-refractivity contribution in [2.45, 2.75) is 29.8 Å². The van der Waals surface area contributed by atoms with Crippen LogP contribution in [-0.2, 0) is 19.4 Å². The number of hydrogen-bond acceptors (Lipinski definition) is 18. The lowest BCUT2D eigenvalue weighted by Gasteiger charge is -2.46. The molecule has 0 amide bonds. The van der Waals surface area contributed by atoms with E-state index in [1.54, 1.807) is 0 Å². The SMILES string of the molecule is O=[N+]([O-])OC(O)(O[N+](=O)[O-])[C@](O)(O[N+](=O)[O-])[C@](O)(O[N+](=O)[O-])[C@H](O)[C@H](O)CO. The monoisotopic (exact) mass is 426 g/mol. The lowest BCUT2D eigenvalue weighted by atomic mass is 9.93. The Balaban J connectivity index is 6.91. The summed E-state index contributed by atoms with van der Waals surface area (Å²) in [6, 6.07) is 0. The molecule has 0 heterocycles. The van der Waals surface area contributed by atoms with Crippen molar-refractivity contribution in [3.05, 3.63) is 40.5 Å². The summed E-state index contributed by atoms with van der Waals surface area (Å²) in [5, 5.41) is 90.5. The number of aliphatic hydroxyl groups is 6. The van der Waals surface area contributed by atoms with E-state index >= 15 is 0 Å². The second-order valence-corrected chi connectivity index (χ2v) is 4.38. The van der Waals surface area contributed by atoms with Crippen molar-refractivity contribution in [3.8, 4) is 0 Å². The van der Waals surface area contributed by atoms with Gasteiger partial charge in [0.2, 0.25) is 0 Å². The van der Waals surface area contributed by atoms with E-state index in [1.165, 1.54) is 0 Å². The Bertz CT molecular complexity index is 609. The number of nitrogens with zero attached hydrogens (tertiary/aromatic N) is 4. The summed E-state index contributed by atoms with van der Waals surface area (Å²) in [5.41, 5.74) is 0. The van der Waals surface area contributed by atoms with E-state index in [1.807, 2.05) is 0 Å². The molecule has 162 valence electrons. The minimum Gasteiger partial charge on any atom is -0.394 e. The minimum absolute atomic E-state index is 1.64. The smallest absolute Gasteiger partial charge is 0.394 e. The molecule has 0 unspecified atom stereocenters. The molecular weight excluding hydrogens is 416 g/mol. The summed E-state index contributed by atoms with van der Waals surface area (Å²) in [6.07, 6.45) is -6.33. The predicted octanol–water partition coefficient (Wildman–Crippen LogP) is -5.44. The van der Waals surface area contributed by atoms with Crippen molar-refractivity contribution >= 4 is 0 Å². The molecule has 0 radical (unpaired) electrons. The van der Waals surface area contributed by atoms with Crippen molar-refractivity contribution < 1.29 is 70.3 Å². The fraction of sp³-hybridized carbons (Fsp3) is 1.00. The maximum Gasteiger partial charge on any atom is 0.423 e. The molecule has 0 spiro atoms. The van der Waals surface area contributed by atoms with Gasteiger partial charge in [0.25, 0.3) is 20.3 Å². The zero-order chi connectivity index (χ0) is 22.5. The van der Waals surface area contributed by atoms with Gasteiger partial charge in [0.15, 0.2) is 0 Å². The summed E-state index contributed by atoms with van der Waals surface area (Å²) in [5.74, 6) is -15.4. The molecule has 4 atom stereocenters. The van der Waals surface area contributed by atoms with Crippen LogP contribution in [-0.4, -0.2) is 87.3 Å². The van der Waals surface area contributed by atoms with E-state index in [4.69, 9.17) is 5.11 Å². The van der Waals surface area contributed by atoms with Crippen LogP contribution in [0.4, 0.5) is 0 Å². The molecule has 0 aromatic heterocycles. The van der Waals surface area contributed by atoms with Gasteiger partial charge in [0.1, 0.15) is 12.2 Å². The molecule has 22 heteroatoms. The van der Waals surface area contributed by atoms with Gasteiger partial charge in [-0.15, -0.1) is 40.5 Å². The maximum absolute atomic E-state index is 10.6. The standard InChI is InChI=1S/C6H10N4O18/c11-1-2(12)3(13)4(14,25-7(17)18)5(15,26-8(19)20)6(16,27-9(21)22)28-10(23)24/h2-3,11-16H,1H2/t2-,3-,4-,5-/m1/s1. The van der Waals surface area contributed by atoms with Gasteiger partial charge in [-0.05, 0) is 0 Å². The summed E-state index contributed by atoms with van der Waals surface area (Å²) >= 11 is 0. The molecule has 0 bridgehead atoms. The van der Waals surface area contributed by atoms with Gasteiger partial charge in [0.05, 0.1) is 6.61 Å². The summed E-state index contributed by atoms with van der Waals surface area (Å²) in [6.45, 7) is -1.64. The molecule has 0 fully saturated rings. The Hall–Kier alpha value is -3.44. The normalized spacial score (nSPS) is 17.8. The quantitative estimate of drug-likeness (QED) is 0.0908. The Morgan fingerprint density at radius 1 is 0.750 bits per heavy atom. The van der Waals surface area contributed by atoms with Crippen LogP contribution in [0.1, 0.15) is 0 Å². The zero-order valence-corrected chi connectivity index (χ0v) is 12.7. The van der Waals surface area contributed by atoms with Crippen LogP contribution in [0.2, 0.25) is 0 Å². The van der Waals surface area contributed by atoms with Crippen molar-refractivity contribution in [1.82, 2.24) is 0 Å². The van der Waals surface area contributed by atoms with Crippen LogP contribution in [0.15, 0.2) is 0 Å². The zero-order valence-electron chi connectivity index (χ0n) is 12.7. The van der Waals surface area contributed by atoms with Gasteiger partial charge < -0.3 is 30.6 Å². The van der Waals surface area contributed by atoms with E-state index in [0.717, 1.165) is 0 Å². The van der Waals surface area contributed by atoms with E-state index in [9.17, 15) is 66.0 Å². The average molecular weight is 426 g/mol. The van der Waals surface area contributed by atoms with Gasteiger partial charge >= 0.3 is 17.5 Å². The van der Waals surface area contributed by atoms with Crippen molar-refractivity contribution in [1.29, 1.82) is 0 Å². The molecule has 0 saturated heterocycles. The molecule has 22 nitrogen and oxygen atoms in total.